The third kappa shape index (κ3) is 7.10. The molecule has 30 heavy (non-hydrogen) atoms. The average molecular weight is 407 g/mol. The highest BCUT2D eigenvalue weighted by Gasteiger charge is 2.08. The van der Waals surface area contributed by atoms with Crippen molar-refractivity contribution in [3.8, 4) is 22.6 Å². The number of likely N-dealkylation sites (N-methyl/N-ethyl adjacent to an activating group) is 1. The Morgan fingerprint density at radius 2 is 1.50 bits per heavy atom. The van der Waals surface area contributed by atoms with Gasteiger partial charge >= 0.3 is 0 Å². The molecule has 0 aliphatic carbocycles. The van der Waals surface area contributed by atoms with E-state index in [-0.39, 0.29) is 5.96 Å². The van der Waals surface area contributed by atoms with Crippen LogP contribution >= 0.6 is 0 Å². The molecule has 0 spiro atoms. The van der Waals surface area contributed by atoms with Gasteiger partial charge in [-0.15, -0.1) is 0 Å². The summed E-state index contributed by atoms with van der Waals surface area (Å²) in [7, 11) is 1.97. The van der Waals surface area contributed by atoms with E-state index in [4.69, 9.17) is 21.3 Å². The van der Waals surface area contributed by atoms with Crippen molar-refractivity contribution in [1.82, 2.24) is 5.32 Å². The summed E-state index contributed by atoms with van der Waals surface area (Å²) < 4.78 is 6.13. The highest BCUT2D eigenvalue weighted by Crippen LogP contribution is 2.29. The van der Waals surface area contributed by atoms with Crippen LogP contribution in [-0.4, -0.2) is 32.4 Å². The van der Waals surface area contributed by atoms with Gasteiger partial charge in [-0.3, -0.25) is 10.4 Å². The summed E-state index contributed by atoms with van der Waals surface area (Å²) >= 11 is 0. The summed E-state index contributed by atoms with van der Waals surface area (Å²) in [5.74, 6) is 1.86. The Morgan fingerprint density at radius 1 is 0.967 bits per heavy atom. The van der Waals surface area contributed by atoms with E-state index < -0.39 is 0 Å². The van der Waals surface area contributed by atoms with Crippen molar-refractivity contribution in [2.45, 2.75) is 12.8 Å². The first-order valence-electron chi connectivity index (χ1n) is 9.76. The molecule has 7 heteroatoms. The second-order valence-electron chi connectivity index (χ2n) is 6.64. The van der Waals surface area contributed by atoms with Gasteiger partial charge in [-0.25, -0.2) is 0 Å². The molecule has 0 saturated carbocycles. The second-order valence-corrected chi connectivity index (χ2v) is 6.64. The fourth-order valence-electron chi connectivity index (χ4n) is 2.99. The number of hydrogen-bond donors (Lipinski definition) is 5. The standard InChI is InChI=1S/C22H26N4O.CH4N2/c1-25-12-10-16-4-2-6-18(14-16)20-8-9-21(27-20)19-7-3-5-17(15-19)11-13-26-22(23)24;2-1-3/h2-9,14-15,25H,10-13H2,1H3,(H4,23,24,26);1H,(H3,2,3). The topological polar surface area (TPSA) is 139 Å². The van der Waals surface area contributed by atoms with E-state index in [1.54, 1.807) is 0 Å². The summed E-state index contributed by atoms with van der Waals surface area (Å²) in [5, 5.41) is 9.04. The molecule has 8 N–H and O–H groups in total. The minimum Gasteiger partial charge on any atom is -0.456 e. The van der Waals surface area contributed by atoms with E-state index in [1.807, 2.05) is 25.2 Å². The third-order valence-electron chi connectivity index (χ3n) is 4.39. The molecule has 0 unspecified atom stereocenters. The molecule has 0 radical (unpaired) electrons. The molecule has 0 aliphatic rings. The van der Waals surface area contributed by atoms with Crippen LogP contribution in [-0.2, 0) is 12.8 Å². The number of nitrogens with one attached hydrogen (secondary N) is 2. The summed E-state index contributed by atoms with van der Waals surface area (Å²) in [6.45, 7) is 1.54. The number of nitrogens with zero attached hydrogens (tertiary/aromatic N) is 1. The lowest BCUT2D eigenvalue weighted by Crippen LogP contribution is -2.23. The highest BCUT2D eigenvalue weighted by atomic mass is 16.3. The molecule has 0 aliphatic heterocycles. The lowest BCUT2D eigenvalue weighted by molar-refractivity contribution is 0.597. The summed E-state index contributed by atoms with van der Waals surface area (Å²) in [6, 6.07) is 20.8. The smallest absolute Gasteiger partial charge is 0.185 e. The molecule has 0 amide bonds. The maximum Gasteiger partial charge on any atom is 0.185 e. The lowest BCUT2D eigenvalue weighted by Gasteiger charge is -2.04. The van der Waals surface area contributed by atoms with E-state index in [0.717, 1.165) is 48.4 Å². The number of rotatable bonds is 8. The fraction of sp³-hybridized carbons (Fsp3) is 0.217. The van der Waals surface area contributed by atoms with Gasteiger partial charge in [0.1, 0.15) is 11.5 Å². The molecule has 0 saturated heterocycles. The number of furan rings is 1. The molecular formula is C23H30N6O. The van der Waals surface area contributed by atoms with Crippen molar-refractivity contribution in [3.63, 3.8) is 0 Å². The third-order valence-corrected chi connectivity index (χ3v) is 4.39. The van der Waals surface area contributed by atoms with E-state index in [0.29, 0.717) is 6.54 Å². The summed E-state index contributed by atoms with van der Waals surface area (Å²) in [5.41, 5.74) is 19.8. The molecule has 1 heterocycles. The Balaban J connectivity index is 0.00000101. The normalized spacial score (nSPS) is 10.0. The van der Waals surface area contributed by atoms with Gasteiger partial charge in [0.25, 0.3) is 0 Å². The molecule has 3 aromatic rings. The quantitative estimate of drug-likeness (QED) is 0.289. The first-order chi connectivity index (χ1) is 14.6. The fourth-order valence-corrected chi connectivity index (χ4v) is 2.99. The molecule has 1 aromatic heterocycles. The molecule has 0 fully saturated rings. The first-order valence-corrected chi connectivity index (χ1v) is 9.76. The van der Waals surface area contributed by atoms with Crippen LogP contribution in [0.5, 0.6) is 0 Å². The van der Waals surface area contributed by atoms with Crippen molar-refractivity contribution in [3.05, 3.63) is 71.8 Å². The Morgan fingerprint density at radius 3 is 2.00 bits per heavy atom. The maximum absolute atomic E-state index is 6.13. The predicted octanol–water partition coefficient (Wildman–Crippen LogP) is 2.74. The van der Waals surface area contributed by atoms with Gasteiger partial charge in [-0.2, -0.15) is 0 Å². The van der Waals surface area contributed by atoms with E-state index in [2.05, 4.69) is 58.5 Å². The first kappa shape index (κ1) is 22.7. The van der Waals surface area contributed by atoms with Gasteiger partial charge in [-0.05, 0) is 61.8 Å². The number of aliphatic imine (C=N–C) groups is 1. The predicted molar refractivity (Wildman–Crippen MR) is 125 cm³/mol. The van der Waals surface area contributed by atoms with Gasteiger partial charge in [-0.1, -0.05) is 36.4 Å². The number of benzene rings is 2. The van der Waals surface area contributed by atoms with Crippen molar-refractivity contribution in [2.75, 3.05) is 20.1 Å². The average Bonchev–Trinajstić information content (AvgIpc) is 3.23. The zero-order valence-electron chi connectivity index (χ0n) is 17.3. The molecule has 0 atom stereocenters. The molecule has 7 nitrogen and oxygen atoms in total. The Kier molecular flexibility index (Phi) is 9.15. The SMILES string of the molecule is CNCCc1cccc(-c2ccc(-c3cccc(CCN=C(N)N)c3)o2)c1.N=CN. The van der Waals surface area contributed by atoms with Crippen molar-refractivity contribution >= 4 is 12.3 Å². The van der Waals surface area contributed by atoms with Crippen molar-refractivity contribution < 1.29 is 4.42 Å². The summed E-state index contributed by atoms with van der Waals surface area (Å²) in [6.07, 6.45) is 2.53. The van der Waals surface area contributed by atoms with Crippen LogP contribution in [0.25, 0.3) is 22.6 Å². The second kappa shape index (κ2) is 12.1. The zero-order chi connectivity index (χ0) is 21.8. The molecular weight excluding hydrogens is 376 g/mol. The Hall–Kier alpha value is -3.58. The monoisotopic (exact) mass is 406 g/mol. The Labute approximate surface area is 177 Å². The van der Waals surface area contributed by atoms with Crippen LogP contribution in [0.4, 0.5) is 0 Å². The number of nitrogens with two attached hydrogens (primary N) is 3. The molecule has 158 valence electrons. The van der Waals surface area contributed by atoms with E-state index in [1.165, 1.54) is 11.1 Å². The number of hydrogen-bond acceptors (Lipinski definition) is 4. The molecule has 2 aromatic carbocycles. The molecule has 3 rings (SSSR count). The van der Waals surface area contributed by atoms with Crippen LogP contribution in [0, 0.1) is 5.41 Å². The van der Waals surface area contributed by atoms with E-state index in [9.17, 15) is 0 Å². The van der Waals surface area contributed by atoms with Gasteiger partial charge in [0.2, 0.25) is 0 Å². The van der Waals surface area contributed by atoms with Crippen LogP contribution in [0.2, 0.25) is 0 Å². The highest BCUT2D eigenvalue weighted by molar-refractivity contribution is 5.75. The van der Waals surface area contributed by atoms with Crippen LogP contribution < -0.4 is 22.5 Å². The number of guanidine groups is 1. The zero-order valence-corrected chi connectivity index (χ0v) is 17.3. The Bertz CT molecular complexity index is 960. The van der Waals surface area contributed by atoms with Gasteiger partial charge in [0, 0.05) is 17.7 Å². The summed E-state index contributed by atoms with van der Waals surface area (Å²) in [4.78, 5) is 4.04. The largest absolute Gasteiger partial charge is 0.456 e. The van der Waals surface area contributed by atoms with Gasteiger partial charge < -0.3 is 26.9 Å². The minimum atomic E-state index is 0.124. The van der Waals surface area contributed by atoms with Crippen LogP contribution in [0.1, 0.15) is 11.1 Å². The lowest BCUT2D eigenvalue weighted by atomic mass is 10.1. The maximum atomic E-state index is 6.13. The molecule has 0 bridgehead atoms. The van der Waals surface area contributed by atoms with Crippen LogP contribution in [0.15, 0.2) is 70.1 Å². The van der Waals surface area contributed by atoms with Crippen molar-refractivity contribution in [2.24, 2.45) is 22.2 Å². The van der Waals surface area contributed by atoms with Gasteiger partial charge in [0.05, 0.1) is 6.34 Å². The van der Waals surface area contributed by atoms with Crippen LogP contribution in [0.3, 0.4) is 0 Å². The van der Waals surface area contributed by atoms with E-state index >= 15 is 0 Å². The minimum absolute atomic E-state index is 0.124. The van der Waals surface area contributed by atoms with Crippen molar-refractivity contribution in [1.29, 1.82) is 5.41 Å². The van der Waals surface area contributed by atoms with Gasteiger partial charge in [0.15, 0.2) is 5.96 Å².